The zero-order valence-electron chi connectivity index (χ0n) is 10.6. The summed E-state index contributed by atoms with van der Waals surface area (Å²) in [6, 6.07) is 6.29. The molecule has 4 heteroatoms. The first-order valence-electron chi connectivity index (χ1n) is 6.21. The molecular formula is C14H19NO3. The van der Waals surface area contributed by atoms with Gasteiger partial charge in [0.25, 0.3) is 5.91 Å². The Balaban J connectivity index is 1.83. The van der Waals surface area contributed by atoms with E-state index in [-0.39, 0.29) is 17.1 Å². The predicted octanol–water partition coefficient (Wildman–Crippen LogP) is 1.94. The van der Waals surface area contributed by atoms with Crippen molar-refractivity contribution in [2.75, 3.05) is 20.3 Å². The highest BCUT2D eigenvalue weighted by atomic mass is 16.5. The predicted molar refractivity (Wildman–Crippen MR) is 68.6 cm³/mol. The fraction of sp³-hybridized carbons (Fsp3) is 0.500. The molecule has 2 rings (SSSR count). The highest BCUT2D eigenvalue weighted by Crippen LogP contribution is 2.48. The molecule has 18 heavy (non-hydrogen) atoms. The van der Waals surface area contributed by atoms with Gasteiger partial charge in [-0.2, -0.15) is 0 Å². The molecule has 1 saturated carbocycles. The lowest BCUT2D eigenvalue weighted by Crippen LogP contribution is -2.30. The molecule has 1 fully saturated rings. The maximum atomic E-state index is 11.9. The van der Waals surface area contributed by atoms with Crippen molar-refractivity contribution < 1.29 is 14.6 Å². The fourth-order valence-corrected chi connectivity index (χ4v) is 1.99. The van der Waals surface area contributed by atoms with Gasteiger partial charge in [-0.25, -0.2) is 0 Å². The molecule has 0 radical (unpaired) electrons. The van der Waals surface area contributed by atoms with E-state index in [1.165, 1.54) is 12.1 Å². The second-order valence-corrected chi connectivity index (χ2v) is 4.97. The standard InChI is InChI=1S/C14H19NO3/c1-18-9-8-14(6-7-14)10-15-13(17)11-2-4-12(16)5-3-11/h2-5,16H,6-10H2,1H3,(H,15,17). The van der Waals surface area contributed by atoms with E-state index in [0.717, 1.165) is 25.9 Å². The average molecular weight is 249 g/mol. The molecule has 0 heterocycles. The van der Waals surface area contributed by atoms with Crippen LogP contribution < -0.4 is 5.32 Å². The molecule has 1 aliphatic carbocycles. The molecule has 0 aliphatic heterocycles. The van der Waals surface area contributed by atoms with Crippen LogP contribution in [-0.2, 0) is 4.74 Å². The first-order valence-corrected chi connectivity index (χ1v) is 6.21. The van der Waals surface area contributed by atoms with Crippen LogP contribution in [-0.4, -0.2) is 31.3 Å². The Morgan fingerprint density at radius 3 is 2.61 bits per heavy atom. The molecule has 1 aliphatic rings. The van der Waals surface area contributed by atoms with Gasteiger partial charge in [0.2, 0.25) is 0 Å². The number of amides is 1. The second-order valence-electron chi connectivity index (χ2n) is 4.97. The van der Waals surface area contributed by atoms with Gasteiger partial charge in [-0.1, -0.05) is 0 Å². The minimum Gasteiger partial charge on any atom is -0.508 e. The van der Waals surface area contributed by atoms with Crippen molar-refractivity contribution >= 4 is 5.91 Å². The van der Waals surface area contributed by atoms with Crippen molar-refractivity contribution in [1.29, 1.82) is 0 Å². The molecule has 2 N–H and O–H groups in total. The first-order chi connectivity index (χ1) is 8.65. The van der Waals surface area contributed by atoms with E-state index in [1.54, 1.807) is 19.2 Å². The average Bonchev–Trinajstić information content (AvgIpc) is 3.15. The maximum Gasteiger partial charge on any atom is 0.251 e. The number of carbonyl (C=O) groups is 1. The monoisotopic (exact) mass is 249 g/mol. The lowest BCUT2D eigenvalue weighted by atomic mass is 10.0. The quantitative estimate of drug-likeness (QED) is 0.810. The Hall–Kier alpha value is -1.55. The van der Waals surface area contributed by atoms with Crippen LogP contribution in [0.5, 0.6) is 5.75 Å². The molecule has 1 amide bonds. The summed E-state index contributed by atoms with van der Waals surface area (Å²) in [6.45, 7) is 1.45. The second kappa shape index (κ2) is 5.40. The van der Waals surface area contributed by atoms with Crippen LogP contribution in [0.2, 0.25) is 0 Å². The van der Waals surface area contributed by atoms with Gasteiger partial charge in [0, 0.05) is 25.8 Å². The molecule has 1 aromatic rings. The molecule has 0 bridgehead atoms. The van der Waals surface area contributed by atoms with E-state index in [0.29, 0.717) is 12.1 Å². The van der Waals surface area contributed by atoms with Gasteiger partial charge < -0.3 is 15.2 Å². The van der Waals surface area contributed by atoms with Gasteiger partial charge in [0.05, 0.1) is 0 Å². The smallest absolute Gasteiger partial charge is 0.251 e. The number of hydrogen-bond donors (Lipinski definition) is 2. The number of rotatable bonds is 6. The van der Waals surface area contributed by atoms with Crippen LogP contribution >= 0.6 is 0 Å². The lowest BCUT2D eigenvalue weighted by molar-refractivity contribution is 0.0938. The summed E-state index contributed by atoms with van der Waals surface area (Å²) in [5, 5.41) is 12.1. The summed E-state index contributed by atoms with van der Waals surface area (Å²) in [7, 11) is 1.70. The Kier molecular flexibility index (Phi) is 3.87. The highest BCUT2D eigenvalue weighted by molar-refractivity contribution is 5.94. The van der Waals surface area contributed by atoms with Crippen LogP contribution in [0.25, 0.3) is 0 Å². The van der Waals surface area contributed by atoms with Crippen molar-refractivity contribution in [3.63, 3.8) is 0 Å². The minimum atomic E-state index is -0.0845. The maximum absolute atomic E-state index is 11.9. The molecule has 0 saturated heterocycles. The van der Waals surface area contributed by atoms with Crippen molar-refractivity contribution in [3.05, 3.63) is 29.8 Å². The SMILES string of the molecule is COCCC1(CNC(=O)c2ccc(O)cc2)CC1. The molecule has 1 aromatic carbocycles. The number of aromatic hydroxyl groups is 1. The Morgan fingerprint density at radius 2 is 2.06 bits per heavy atom. The number of ether oxygens (including phenoxy) is 1. The van der Waals surface area contributed by atoms with E-state index in [9.17, 15) is 4.79 Å². The minimum absolute atomic E-state index is 0.0845. The fourth-order valence-electron chi connectivity index (χ4n) is 1.99. The van der Waals surface area contributed by atoms with Crippen LogP contribution in [0, 0.1) is 5.41 Å². The van der Waals surface area contributed by atoms with Gasteiger partial charge in [0.15, 0.2) is 0 Å². The molecule has 0 spiro atoms. The van der Waals surface area contributed by atoms with E-state index in [1.807, 2.05) is 0 Å². The largest absolute Gasteiger partial charge is 0.508 e. The van der Waals surface area contributed by atoms with Crippen molar-refractivity contribution in [1.82, 2.24) is 5.32 Å². The Bertz CT molecular complexity index is 410. The topological polar surface area (TPSA) is 58.6 Å². The van der Waals surface area contributed by atoms with Gasteiger partial charge in [-0.05, 0) is 48.9 Å². The number of nitrogens with one attached hydrogen (secondary N) is 1. The number of methoxy groups -OCH3 is 1. The number of benzene rings is 1. The zero-order valence-corrected chi connectivity index (χ0v) is 10.6. The van der Waals surface area contributed by atoms with Crippen LogP contribution in [0.1, 0.15) is 29.6 Å². The van der Waals surface area contributed by atoms with E-state index >= 15 is 0 Å². The number of phenolic OH excluding ortho intramolecular Hbond substituents is 1. The molecule has 0 aromatic heterocycles. The Labute approximate surface area is 107 Å². The van der Waals surface area contributed by atoms with Crippen LogP contribution in [0.3, 0.4) is 0 Å². The Morgan fingerprint density at radius 1 is 1.39 bits per heavy atom. The third kappa shape index (κ3) is 3.23. The van der Waals surface area contributed by atoms with Crippen LogP contribution in [0.4, 0.5) is 0 Å². The summed E-state index contributed by atoms with van der Waals surface area (Å²) in [5.41, 5.74) is 0.832. The number of hydrogen-bond acceptors (Lipinski definition) is 3. The number of carbonyl (C=O) groups excluding carboxylic acids is 1. The zero-order chi connectivity index (χ0) is 13.0. The van der Waals surface area contributed by atoms with E-state index in [2.05, 4.69) is 5.32 Å². The number of phenols is 1. The van der Waals surface area contributed by atoms with Gasteiger partial charge in [-0.3, -0.25) is 4.79 Å². The van der Waals surface area contributed by atoms with Crippen molar-refractivity contribution in [2.45, 2.75) is 19.3 Å². The molecular weight excluding hydrogens is 230 g/mol. The molecule has 0 atom stereocenters. The molecule has 4 nitrogen and oxygen atoms in total. The van der Waals surface area contributed by atoms with Gasteiger partial charge >= 0.3 is 0 Å². The van der Waals surface area contributed by atoms with Crippen LogP contribution in [0.15, 0.2) is 24.3 Å². The summed E-state index contributed by atoms with van der Waals surface area (Å²) < 4.78 is 5.08. The third-order valence-electron chi connectivity index (χ3n) is 3.55. The molecule has 0 unspecified atom stereocenters. The van der Waals surface area contributed by atoms with Crippen molar-refractivity contribution in [2.24, 2.45) is 5.41 Å². The van der Waals surface area contributed by atoms with Gasteiger partial charge in [-0.15, -0.1) is 0 Å². The van der Waals surface area contributed by atoms with E-state index < -0.39 is 0 Å². The first kappa shape index (κ1) is 12.9. The van der Waals surface area contributed by atoms with Crippen molar-refractivity contribution in [3.8, 4) is 5.75 Å². The highest BCUT2D eigenvalue weighted by Gasteiger charge is 2.42. The summed E-state index contributed by atoms with van der Waals surface area (Å²) in [6.07, 6.45) is 3.32. The summed E-state index contributed by atoms with van der Waals surface area (Å²) >= 11 is 0. The molecule has 98 valence electrons. The normalized spacial score (nSPS) is 16.3. The third-order valence-corrected chi connectivity index (χ3v) is 3.55. The van der Waals surface area contributed by atoms with Gasteiger partial charge in [0.1, 0.15) is 5.75 Å². The summed E-state index contributed by atoms with van der Waals surface area (Å²) in [4.78, 5) is 11.9. The van der Waals surface area contributed by atoms with E-state index in [4.69, 9.17) is 9.84 Å². The lowest BCUT2D eigenvalue weighted by Gasteiger charge is -2.15. The summed E-state index contributed by atoms with van der Waals surface area (Å²) in [5.74, 6) is 0.0870.